The van der Waals surface area contributed by atoms with Gasteiger partial charge in [0.1, 0.15) is 11.3 Å². The van der Waals surface area contributed by atoms with Gasteiger partial charge in [0.25, 0.3) is 0 Å². The lowest BCUT2D eigenvalue weighted by atomic mass is 10.00. The van der Waals surface area contributed by atoms with Gasteiger partial charge in [-0.25, -0.2) is 0 Å². The Hall–Kier alpha value is -3.33. The first-order valence-corrected chi connectivity index (χ1v) is 8.65. The fraction of sp³-hybridized carbons (Fsp3) is 0.105. The zero-order valence-corrected chi connectivity index (χ0v) is 15.6. The monoisotopic (exact) mass is 420 g/mol. The fourth-order valence-corrected chi connectivity index (χ4v) is 3.02. The van der Waals surface area contributed by atoms with Crippen LogP contribution in [0.25, 0.3) is 16.8 Å². The number of hydrogen-bond acceptors (Lipinski definition) is 5. The van der Waals surface area contributed by atoms with E-state index in [1.165, 1.54) is 24.3 Å². The molecule has 4 aromatic rings. The summed E-state index contributed by atoms with van der Waals surface area (Å²) in [5.74, 6) is -0.912. The SMILES string of the molecule is COc1ccc(-c2ccccc2)c(Oc2ccc3nnc(Cl)n3n2)c1C(F)(F)F. The summed E-state index contributed by atoms with van der Waals surface area (Å²) < 4.78 is 53.6. The van der Waals surface area contributed by atoms with Gasteiger partial charge >= 0.3 is 6.18 Å². The number of benzene rings is 2. The average molecular weight is 421 g/mol. The molecular formula is C19H12ClF3N4O2. The summed E-state index contributed by atoms with van der Waals surface area (Å²) in [6.07, 6.45) is -4.73. The Bertz CT molecular complexity index is 1180. The first-order valence-electron chi connectivity index (χ1n) is 8.28. The quantitative estimate of drug-likeness (QED) is 0.450. The molecule has 2 heterocycles. The van der Waals surface area contributed by atoms with Crippen LogP contribution in [-0.2, 0) is 6.18 Å². The largest absolute Gasteiger partial charge is 0.496 e. The van der Waals surface area contributed by atoms with E-state index < -0.39 is 17.5 Å². The highest BCUT2D eigenvalue weighted by Crippen LogP contribution is 2.48. The van der Waals surface area contributed by atoms with Gasteiger partial charge < -0.3 is 9.47 Å². The van der Waals surface area contributed by atoms with Crippen LogP contribution in [0.15, 0.2) is 54.6 Å². The van der Waals surface area contributed by atoms with Crippen LogP contribution in [0.2, 0.25) is 5.28 Å². The Morgan fingerprint density at radius 3 is 2.41 bits per heavy atom. The zero-order valence-electron chi connectivity index (χ0n) is 14.8. The van der Waals surface area contributed by atoms with Crippen LogP contribution < -0.4 is 9.47 Å². The minimum Gasteiger partial charge on any atom is -0.496 e. The number of methoxy groups -OCH3 is 1. The minimum absolute atomic E-state index is 0.0459. The lowest BCUT2D eigenvalue weighted by Crippen LogP contribution is -2.11. The Morgan fingerprint density at radius 2 is 1.72 bits per heavy atom. The molecule has 0 aliphatic carbocycles. The van der Waals surface area contributed by atoms with Crippen LogP contribution in [0, 0.1) is 0 Å². The molecule has 2 aromatic carbocycles. The molecule has 2 aromatic heterocycles. The van der Waals surface area contributed by atoms with Crippen molar-refractivity contribution in [1.82, 2.24) is 19.8 Å². The molecule has 0 N–H and O–H groups in total. The molecule has 0 radical (unpaired) electrons. The molecule has 0 saturated heterocycles. The molecule has 0 saturated carbocycles. The summed E-state index contributed by atoms with van der Waals surface area (Å²) in [6, 6.07) is 14.2. The molecule has 148 valence electrons. The molecule has 0 aliphatic rings. The Labute approximate surface area is 167 Å². The molecular weight excluding hydrogens is 409 g/mol. The molecule has 0 atom stereocenters. The normalized spacial score (nSPS) is 11.6. The van der Waals surface area contributed by atoms with Crippen molar-refractivity contribution in [2.24, 2.45) is 0 Å². The van der Waals surface area contributed by atoms with Gasteiger partial charge in [-0.1, -0.05) is 30.3 Å². The third-order valence-corrected chi connectivity index (χ3v) is 4.35. The molecule has 0 amide bonds. The van der Waals surface area contributed by atoms with Crippen LogP contribution in [0.3, 0.4) is 0 Å². The van der Waals surface area contributed by atoms with E-state index in [9.17, 15) is 13.2 Å². The molecule has 0 bridgehead atoms. The van der Waals surface area contributed by atoms with E-state index in [0.717, 1.165) is 11.6 Å². The summed E-state index contributed by atoms with van der Waals surface area (Å²) in [5, 5.41) is 11.5. The first kappa shape index (κ1) is 19.0. The third kappa shape index (κ3) is 3.56. The van der Waals surface area contributed by atoms with E-state index >= 15 is 0 Å². The summed E-state index contributed by atoms with van der Waals surface area (Å²) in [6.45, 7) is 0. The molecule has 0 unspecified atom stereocenters. The van der Waals surface area contributed by atoms with Gasteiger partial charge in [0.05, 0.1) is 7.11 Å². The van der Waals surface area contributed by atoms with Crippen LogP contribution in [0.1, 0.15) is 5.56 Å². The van der Waals surface area contributed by atoms with Gasteiger partial charge in [0, 0.05) is 11.6 Å². The van der Waals surface area contributed by atoms with Gasteiger partial charge in [-0.15, -0.1) is 15.3 Å². The van der Waals surface area contributed by atoms with Crippen LogP contribution in [0.5, 0.6) is 17.4 Å². The van der Waals surface area contributed by atoms with Crippen molar-refractivity contribution >= 4 is 17.2 Å². The first-order chi connectivity index (χ1) is 13.9. The average Bonchev–Trinajstić information content (AvgIpc) is 3.08. The summed E-state index contributed by atoms with van der Waals surface area (Å²) in [7, 11) is 1.16. The van der Waals surface area contributed by atoms with Crippen molar-refractivity contribution in [1.29, 1.82) is 0 Å². The Kier molecular flexibility index (Phi) is 4.75. The summed E-state index contributed by atoms with van der Waals surface area (Å²) in [5.41, 5.74) is 0.0555. The fourth-order valence-electron chi connectivity index (χ4n) is 2.86. The number of aromatic nitrogens is 4. The Balaban J connectivity index is 1.93. The minimum atomic E-state index is -4.73. The second-order valence-corrected chi connectivity index (χ2v) is 6.23. The van der Waals surface area contributed by atoms with Crippen molar-refractivity contribution in [3.05, 3.63) is 65.4 Å². The van der Waals surface area contributed by atoms with E-state index in [4.69, 9.17) is 21.1 Å². The molecule has 0 fully saturated rings. The molecule has 10 heteroatoms. The van der Waals surface area contributed by atoms with Crippen molar-refractivity contribution in [2.45, 2.75) is 6.18 Å². The van der Waals surface area contributed by atoms with E-state index in [1.807, 2.05) is 0 Å². The van der Waals surface area contributed by atoms with Crippen LogP contribution in [-0.4, -0.2) is 26.9 Å². The molecule has 6 nitrogen and oxygen atoms in total. The van der Waals surface area contributed by atoms with Crippen LogP contribution in [0.4, 0.5) is 13.2 Å². The highest BCUT2D eigenvalue weighted by Gasteiger charge is 2.40. The van der Waals surface area contributed by atoms with E-state index in [1.54, 1.807) is 30.3 Å². The third-order valence-electron chi connectivity index (χ3n) is 4.11. The van der Waals surface area contributed by atoms with Crippen LogP contribution >= 0.6 is 11.6 Å². The maximum absolute atomic E-state index is 13.9. The molecule has 4 rings (SSSR count). The summed E-state index contributed by atoms with van der Waals surface area (Å²) >= 11 is 5.90. The zero-order chi connectivity index (χ0) is 20.6. The number of alkyl halides is 3. The number of hydrogen-bond donors (Lipinski definition) is 0. The number of nitrogens with zero attached hydrogens (tertiary/aromatic N) is 4. The topological polar surface area (TPSA) is 61.5 Å². The second-order valence-electron chi connectivity index (χ2n) is 5.90. The van der Waals surface area contributed by atoms with Gasteiger partial charge in [0.15, 0.2) is 11.4 Å². The van der Waals surface area contributed by atoms with Crippen molar-refractivity contribution in [3.8, 4) is 28.5 Å². The lowest BCUT2D eigenvalue weighted by molar-refractivity contribution is -0.139. The number of halogens is 4. The number of ether oxygens (including phenoxy) is 2. The van der Waals surface area contributed by atoms with E-state index in [0.29, 0.717) is 11.2 Å². The highest BCUT2D eigenvalue weighted by atomic mass is 35.5. The van der Waals surface area contributed by atoms with Crippen molar-refractivity contribution in [2.75, 3.05) is 7.11 Å². The molecule has 0 spiro atoms. The maximum atomic E-state index is 13.9. The number of fused-ring (bicyclic) bond motifs is 1. The van der Waals surface area contributed by atoms with E-state index in [2.05, 4.69) is 15.3 Å². The maximum Gasteiger partial charge on any atom is 0.423 e. The predicted molar refractivity (Wildman–Crippen MR) is 99.3 cm³/mol. The predicted octanol–water partition coefficient (Wildman–Crippen LogP) is 5.26. The highest BCUT2D eigenvalue weighted by molar-refractivity contribution is 6.28. The van der Waals surface area contributed by atoms with Gasteiger partial charge in [-0.3, -0.25) is 0 Å². The Morgan fingerprint density at radius 1 is 0.966 bits per heavy atom. The molecule has 29 heavy (non-hydrogen) atoms. The van der Waals surface area contributed by atoms with Gasteiger partial charge in [0.2, 0.25) is 11.2 Å². The summed E-state index contributed by atoms with van der Waals surface area (Å²) in [4.78, 5) is 0. The lowest BCUT2D eigenvalue weighted by Gasteiger charge is -2.20. The van der Waals surface area contributed by atoms with Gasteiger partial charge in [-0.05, 0) is 35.4 Å². The van der Waals surface area contributed by atoms with E-state index in [-0.39, 0.29) is 22.5 Å². The second kappa shape index (κ2) is 7.25. The van der Waals surface area contributed by atoms with Crippen molar-refractivity contribution < 1.29 is 22.6 Å². The standard InChI is InChI=1S/C19H12ClF3N4O2/c1-28-13-8-7-12(11-5-3-2-4-6-11)17(16(13)19(21,22)23)29-15-10-9-14-24-25-18(20)27(14)26-15/h2-10H,1H3. The smallest absolute Gasteiger partial charge is 0.423 e. The molecule has 0 aliphatic heterocycles. The van der Waals surface area contributed by atoms with Gasteiger partial charge in [-0.2, -0.15) is 17.7 Å². The number of rotatable bonds is 4. The van der Waals surface area contributed by atoms with Crippen molar-refractivity contribution in [3.63, 3.8) is 0 Å².